The fourth-order valence-electron chi connectivity index (χ4n) is 2.77. The third-order valence-electron chi connectivity index (χ3n) is 3.89. The minimum atomic E-state index is 0.272. The summed E-state index contributed by atoms with van der Waals surface area (Å²) in [5.74, 6) is 2.15. The first-order valence-corrected chi connectivity index (χ1v) is 8.39. The van der Waals surface area contributed by atoms with Crippen molar-refractivity contribution < 1.29 is 0 Å². The van der Waals surface area contributed by atoms with Gasteiger partial charge in [0.25, 0.3) is 0 Å². The van der Waals surface area contributed by atoms with Gasteiger partial charge in [-0.25, -0.2) is 0 Å². The molecule has 0 spiro atoms. The van der Waals surface area contributed by atoms with Crippen LogP contribution >= 0.6 is 22.9 Å². The van der Waals surface area contributed by atoms with Crippen LogP contribution in [-0.4, -0.2) is 21.3 Å². The van der Waals surface area contributed by atoms with E-state index in [9.17, 15) is 0 Å². The summed E-state index contributed by atoms with van der Waals surface area (Å²) in [6.07, 6.45) is 0. The molecule has 3 heterocycles. The summed E-state index contributed by atoms with van der Waals surface area (Å²) in [7, 11) is 0. The second kappa shape index (κ2) is 5.11. The van der Waals surface area contributed by atoms with Crippen LogP contribution in [0.2, 0.25) is 5.02 Å². The Balaban J connectivity index is 1.99. The van der Waals surface area contributed by atoms with Crippen molar-refractivity contribution in [1.29, 1.82) is 0 Å². The monoisotopic (exact) mass is 330 g/mol. The number of halogens is 1. The van der Waals surface area contributed by atoms with Crippen molar-refractivity contribution in [2.24, 2.45) is 0 Å². The van der Waals surface area contributed by atoms with Crippen LogP contribution in [0.1, 0.15) is 23.5 Å². The van der Waals surface area contributed by atoms with Gasteiger partial charge < -0.3 is 5.32 Å². The molecule has 2 aromatic heterocycles. The minimum absolute atomic E-state index is 0.272. The molecule has 0 radical (unpaired) electrons. The topological polar surface area (TPSA) is 42.7 Å². The second-order valence-electron chi connectivity index (χ2n) is 5.57. The number of hydrogen-bond acceptors (Lipinski definition) is 4. The van der Waals surface area contributed by atoms with Gasteiger partial charge in [-0.15, -0.1) is 21.5 Å². The number of thiophene rings is 1. The Hall–Kier alpha value is -1.85. The van der Waals surface area contributed by atoms with Gasteiger partial charge in [-0.05, 0) is 37.3 Å². The third kappa shape index (κ3) is 2.12. The van der Waals surface area contributed by atoms with E-state index in [4.69, 9.17) is 11.6 Å². The lowest BCUT2D eigenvalue weighted by Gasteiger charge is -2.11. The van der Waals surface area contributed by atoms with Crippen molar-refractivity contribution in [2.75, 3.05) is 11.9 Å². The van der Waals surface area contributed by atoms with Gasteiger partial charge in [-0.1, -0.05) is 18.5 Å². The molecule has 4 nitrogen and oxygen atoms in total. The molecule has 0 unspecified atom stereocenters. The van der Waals surface area contributed by atoms with E-state index in [2.05, 4.69) is 46.1 Å². The number of anilines is 1. The van der Waals surface area contributed by atoms with Crippen molar-refractivity contribution in [3.05, 3.63) is 46.1 Å². The Bertz CT molecular complexity index is 852. The van der Waals surface area contributed by atoms with Crippen molar-refractivity contribution in [3.63, 3.8) is 0 Å². The molecule has 6 heteroatoms. The fraction of sp³-hybridized carbons (Fsp3) is 0.250. The van der Waals surface area contributed by atoms with Crippen molar-refractivity contribution in [2.45, 2.75) is 19.8 Å². The van der Waals surface area contributed by atoms with E-state index in [1.54, 1.807) is 11.3 Å². The zero-order valence-corrected chi connectivity index (χ0v) is 13.9. The Morgan fingerprint density at radius 2 is 2.14 bits per heavy atom. The molecule has 0 amide bonds. The molecule has 0 aliphatic carbocycles. The summed E-state index contributed by atoms with van der Waals surface area (Å²) in [5.41, 5.74) is 2.07. The molecule has 112 valence electrons. The number of benzene rings is 1. The number of nitrogens with one attached hydrogen (secondary N) is 1. The van der Waals surface area contributed by atoms with Crippen molar-refractivity contribution in [1.82, 2.24) is 14.8 Å². The number of aromatic nitrogens is 3. The van der Waals surface area contributed by atoms with Gasteiger partial charge in [-0.2, -0.15) is 0 Å². The molecule has 1 aliphatic rings. The molecule has 22 heavy (non-hydrogen) atoms. The normalized spacial score (nSPS) is 16.6. The molecule has 0 saturated heterocycles. The summed E-state index contributed by atoms with van der Waals surface area (Å²) in [5, 5.41) is 13.1. The number of aryl methyl sites for hydroxylation is 1. The van der Waals surface area contributed by atoms with Crippen LogP contribution in [-0.2, 0) is 0 Å². The molecule has 0 saturated carbocycles. The first-order valence-electron chi connectivity index (χ1n) is 7.19. The predicted octanol–water partition coefficient (Wildman–Crippen LogP) is 4.49. The zero-order valence-electron chi connectivity index (χ0n) is 12.3. The molecule has 0 bridgehead atoms. The van der Waals surface area contributed by atoms with Crippen LogP contribution in [0.25, 0.3) is 16.4 Å². The highest BCUT2D eigenvalue weighted by Gasteiger charge is 2.25. The van der Waals surface area contributed by atoms with Crippen LogP contribution < -0.4 is 5.32 Å². The quantitative estimate of drug-likeness (QED) is 0.715. The van der Waals surface area contributed by atoms with Crippen molar-refractivity contribution >= 4 is 28.6 Å². The maximum Gasteiger partial charge on any atom is 0.178 e. The van der Waals surface area contributed by atoms with E-state index in [0.29, 0.717) is 0 Å². The minimum Gasteiger partial charge on any atom is -0.383 e. The highest BCUT2D eigenvalue weighted by molar-refractivity contribution is 7.15. The first kappa shape index (κ1) is 13.8. The largest absolute Gasteiger partial charge is 0.383 e. The van der Waals surface area contributed by atoms with E-state index in [0.717, 1.165) is 39.5 Å². The molecule has 3 aromatic rings. The SMILES string of the molecule is Cc1ccc(-c2nnc3n2-c2ccc(Cl)cc2NC[C@@H]3C)s1. The van der Waals surface area contributed by atoms with Gasteiger partial charge in [0, 0.05) is 22.4 Å². The van der Waals surface area contributed by atoms with E-state index < -0.39 is 0 Å². The summed E-state index contributed by atoms with van der Waals surface area (Å²) >= 11 is 7.88. The van der Waals surface area contributed by atoms with E-state index in [1.165, 1.54) is 4.88 Å². The molecule has 1 N–H and O–H groups in total. The molecule has 1 aliphatic heterocycles. The van der Waals surface area contributed by atoms with Crippen LogP contribution in [0.5, 0.6) is 0 Å². The van der Waals surface area contributed by atoms with Crippen molar-refractivity contribution in [3.8, 4) is 16.4 Å². The Kier molecular flexibility index (Phi) is 3.20. The summed E-state index contributed by atoms with van der Waals surface area (Å²) < 4.78 is 2.15. The summed E-state index contributed by atoms with van der Waals surface area (Å²) in [6.45, 7) is 5.07. The van der Waals surface area contributed by atoms with Gasteiger partial charge in [-0.3, -0.25) is 4.57 Å². The zero-order chi connectivity index (χ0) is 15.3. The Morgan fingerprint density at radius 3 is 2.91 bits per heavy atom. The van der Waals surface area contributed by atoms with E-state index in [-0.39, 0.29) is 5.92 Å². The smallest absolute Gasteiger partial charge is 0.178 e. The molecular formula is C16H15ClN4S. The lowest BCUT2D eigenvalue weighted by molar-refractivity contribution is 0.725. The Morgan fingerprint density at radius 1 is 1.27 bits per heavy atom. The van der Waals surface area contributed by atoms with Gasteiger partial charge >= 0.3 is 0 Å². The van der Waals surface area contributed by atoms with Gasteiger partial charge in [0.15, 0.2) is 5.82 Å². The van der Waals surface area contributed by atoms with Gasteiger partial charge in [0.1, 0.15) is 5.82 Å². The maximum absolute atomic E-state index is 6.15. The number of fused-ring (bicyclic) bond motifs is 3. The first-order chi connectivity index (χ1) is 10.6. The Labute approximate surface area is 137 Å². The van der Waals surface area contributed by atoms with Crippen LogP contribution in [0.15, 0.2) is 30.3 Å². The maximum atomic E-state index is 6.15. The van der Waals surface area contributed by atoms with Gasteiger partial charge in [0.2, 0.25) is 0 Å². The predicted molar refractivity (Wildman–Crippen MR) is 91.3 cm³/mol. The standard InChI is InChI=1S/C16H15ClN4S/c1-9-8-18-12-7-11(17)4-5-13(12)21-15(9)19-20-16(21)14-6-3-10(2)22-14/h3-7,9,18H,8H2,1-2H3/t9-/m0/s1. The van der Waals surface area contributed by atoms with E-state index >= 15 is 0 Å². The average Bonchev–Trinajstić information content (AvgIpc) is 3.08. The molecule has 1 atom stereocenters. The molecular weight excluding hydrogens is 316 g/mol. The molecule has 4 rings (SSSR count). The second-order valence-corrected chi connectivity index (χ2v) is 7.30. The summed E-state index contributed by atoms with van der Waals surface area (Å²) in [6, 6.07) is 10.1. The number of hydrogen-bond donors (Lipinski definition) is 1. The van der Waals surface area contributed by atoms with Gasteiger partial charge in [0.05, 0.1) is 16.3 Å². The highest BCUT2D eigenvalue weighted by Crippen LogP contribution is 2.36. The number of nitrogens with zero attached hydrogens (tertiary/aromatic N) is 3. The lowest BCUT2D eigenvalue weighted by atomic mass is 10.1. The fourth-order valence-corrected chi connectivity index (χ4v) is 3.78. The summed E-state index contributed by atoms with van der Waals surface area (Å²) in [4.78, 5) is 2.40. The van der Waals surface area contributed by atoms with Crippen LogP contribution in [0.4, 0.5) is 5.69 Å². The molecule has 0 fully saturated rings. The number of rotatable bonds is 1. The van der Waals surface area contributed by atoms with E-state index in [1.807, 2.05) is 18.2 Å². The highest BCUT2D eigenvalue weighted by atomic mass is 35.5. The van der Waals surface area contributed by atoms with Crippen LogP contribution in [0.3, 0.4) is 0 Å². The average molecular weight is 331 g/mol. The third-order valence-corrected chi connectivity index (χ3v) is 5.12. The van der Waals surface area contributed by atoms with Crippen LogP contribution in [0, 0.1) is 6.92 Å². The molecule has 1 aromatic carbocycles. The lowest BCUT2D eigenvalue weighted by Crippen LogP contribution is -2.09.